The van der Waals surface area contributed by atoms with E-state index in [0.717, 1.165) is 44.9 Å². The average Bonchev–Trinajstić information content (AvgIpc) is 3.66. The Bertz CT molecular complexity index is 2470. The van der Waals surface area contributed by atoms with E-state index in [2.05, 4.69) is 149 Å². The van der Waals surface area contributed by atoms with Crippen molar-refractivity contribution >= 4 is 43.6 Å². The first-order valence-electron chi connectivity index (χ1n) is 14.8. The molecule has 0 spiro atoms. The third kappa shape index (κ3) is 3.85. The van der Waals surface area contributed by atoms with Crippen LogP contribution < -0.4 is 0 Å². The molecule has 6 aromatic carbocycles. The molecule has 3 aromatic heterocycles. The van der Waals surface area contributed by atoms with E-state index >= 15 is 0 Å². The van der Waals surface area contributed by atoms with Crippen LogP contribution >= 0.6 is 0 Å². The lowest BCUT2D eigenvalue weighted by Gasteiger charge is -2.11. The zero-order valence-corrected chi connectivity index (χ0v) is 23.8. The second-order valence-electron chi connectivity index (χ2n) is 11.1. The highest BCUT2D eigenvalue weighted by Crippen LogP contribution is 2.36. The highest BCUT2D eigenvalue weighted by molar-refractivity contribution is 6.13. The summed E-state index contributed by atoms with van der Waals surface area (Å²) < 4.78 is 4.63. The number of benzene rings is 6. The Balaban J connectivity index is 1.21. The topological polar surface area (TPSA) is 35.6 Å². The van der Waals surface area contributed by atoms with Gasteiger partial charge in [-0.3, -0.25) is 0 Å². The molecule has 0 aliphatic heterocycles. The number of para-hydroxylation sites is 3. The summed E-state index contributed by atoms with van der Waals surface area (Å²) >= 11 is 0. The maximum absolute atomic E-state index is 5.08. The number of aromatic nitrogens is 4. The molecule has 0 atom stereocenters. The van der Waals surface area contributed by atoms with Crippen LogP contribution in [-0.2, 0) is 0 Å². The zero-order valence-electron chi connectivity index (χ0n) is 23.8. The fourth-order valence-corrected chi connectivity index (χ4v) is 6.47. The van der Waals surface area contributed by atoms with Crippen molar-refractivity contribution in [3.8, 4) is 34.0 Å². The fraction of sp³-hybridized carbons (Fsp3) is 0. The van der Waals surface area contributed by atoms with Crippen molar-refractivity contribution in [3.63, 3.8) is 0 Å². The van der Waals surface area contributed by atoms with Gasteiger partial charge in [0.05, 0.1) is 27.8 Å². The minimum Gasteiger partial charge on any atom is -0.316 e. The Morgan fingerprint density at radius 3 is 1.95 bits per heavy atom. The molecule has 44 heavy (non-hydrogen) atoms. The van der Waals surface area contributed by atoms with E-state index in [0.29, 0.717) is 0 Å². The molecule has 0 unspecified atom stereocenters. The first-order chi connectivity index (χ1) is 21.8. The van der Waals surface area contributed by atoms with Crippen molar-refractivity contribution in [1.82, 2.24) is 19.1 Å². The summed E-state index contributed by atoms with van der Waals surface area (Å²) in [6.07, 6.45) is 2.16. The van der Waals surface area contributed by atoms with E-state index in [-0.39, 0.29) is 0 Å². The van der Waals surface area contributed by atoms with E-state index in [9.17, 15) is 0 Å². The molecule has 0 aliphatic carbocycles. The maximum Gasteiger partial charge on any atom is 0.160 e. The normalized spacial score (nSPS) is 11.6. The predicted molar refractivity (Wildman–Crippen MR) is 182 cm³/mol. The number of hydrogen-bond acceptors (Lipinski definition) is 2. The van der Waals surface area contributed by atoms with Gasteiger partial charge >= 0.3 is 0 Å². The SMILES string of the molecule is c1ccc(-c2nc(-c3ccc(-n4c5ccccc5c5cc6ccn(-c7ccccc7)c6cc54)cc3)nc3ccccc23)cc1. The Labute approximate surface area is 254 Å². The first-order valence-corrected chi connectivity index (χ1v) is 14.8. The van der Waals surface area contributed by atoms with Crippen LogP contribution in [-0.4, -0.2) is 19.1 Å². The van der Waals surface area contributed by atoms with E-state index in [4.69, 9.17) is 9.97 Å². The Hall–Kier alpha value is -6.00. The molecule has 0 bridgehead atoms. The van der Waals surface area contributed by atoms with Gasteiger partial charge in [0, 0.05) is 50.2 Å². The lowest BCUT2D eigenvalue weighted by molar-refractivity contribution is 1.12. The van der Waals surface area contributed by atoms with E-state index < -0.39 is 0 Å². The van der Waals surface area contributed by atoms with Gasteiger partial charge in [0.1, 0.15) is 0 Å². The summed E-state index contributed by atoms with van der Waals surface area (Å²) in [5.41, 5.74) is 9.75. The van der Waals surface area contributed by atoms with Gasteiger partial charge in [0.25, 0.3) is 0 Å². The third-order valence-corrected chi connectivity index (χ3v) is 8.55. The third-order valence-electron chi connectivity index (χ3n) is 8.55. The van der Waals surface area contributed by atoms with Crippen molar-refractivity contribution in [2.75, 3.05) is 0 Å². The van der Waals surface area contributed by atoms with E-state index in [1.54, 1.807) is 0 Å². The average molecular weight is 563 g/mol. The number of nitrogens with zero attached hydrogens (tertiary/aromatic N) is 4. The first kappa shape index (κ1) is 24.6. The molecular weight excluding hydrogens is 536 g/mol. The molecule has 0 fully saturated rings. The highest BCUT2D eigenvalue weighted by atomic mass is 15.0. The second kappa shape index (κ2) is 9.79. The summed E-state index contributed by atoms with van der Waals surface area (Å²) in [5, 5.41) is 4.76. The van der Waals surface area contributed by atoms with Crippen LogP contribution in [0.5, 0.6) is 0 Å². The number of hydrogen-bond donors (Lipinski definition) is 0. The van der Waals surface area contributed by atoms with E-state index in [1.807, 2.05) is 18.2 Å². The molecule has 0 aliphatic rings. The van der Waals surface area contributed by atoms with Gasteiger partial charge in [-0.05, 0) is 66.7 Å². The van der Waals surface area contributed by atoms with Gasteiger partial charge in [0.15, 0.2) is 5.82 Å². The number of rotatable bonds is 4. The maximum atomic E-state index is 5.08. The molecular formula is C40H26N4. The van der Waals surface area contributed by atoms with E-state index in [1.165, 1.54) is 32.7 Å². The molecule has 0 saturated heterocycles. The minimum absolute atomic E-state index is 0.721. The van der Waals surface area contributed by atoms with Crippen LogP contribution in [0.1, 0.15) is 0 Å². The number of fused-ring (bicyclic) bond motifs is 5. The molecule has 206 valence electrons. The lowest BCUT2D eigenvalue weighted by atomic mass is 10.1. The van der Waals surface area contributed by atoms with Crippen LogP contribution in [0, 0.1) is 0 Å². The van der Waals surface area contributed by atoms with Crippen LogP contribution in [0.4, 0.5) is 0 Å². The van der Waals surface area contributed by atoms with Crippen molar-refractivity contribution in [2.45, 2.75) is 0 Å². The Morgan fingerprint density at radius 1 is 0.432 bits per heavy atom. The fourth-order valence-electron chi connectivity index (χ4n) is 6.47. The Kier molecular flexibility index (Phi) is 5.47. The lowest BCUT2D eigenvalue weighted by Crippen LogP contribution is -1.97. The smallest absolute Gasteiger partial charge is 0.160 e. The van der Waals surface area contributed by atoms with Gasteiger partial charge in [-0.1, -0.05) is 84.9 Å². The zero-order chi connectivity index (χ0) is 29.0. The van der Waals surface area contributed by atoms with Crippen molar-refractivity contribution in [2.24, 2.45) is 0 Å². The van der Waals surface area contributed by atoms with Crippen molar-refractivity contribution in [1.29, 1.82) is 0 Å². The largest absolute Gasteiger partial charge is 0.316 e. The molecule has 9 aromatic rings. The standard InChI is InChI=1S/C40H26N4/c1-3-11-27(12-4-1)39-33-16-7-9-17-35(33)41-40(42-39)28-19-21-31(22-20-28)44-36-18-10-8-15-32(36)34-25-29-23-24-43(37(29)26-38(34)44)30-13-5-2-6-14-30/h1-26H. The molecule has 0 N–H and O–H groups in total. The molecule has 0 radical (unpaired) electrons. The second-order valence-corrected chi connectivity index (χ2v) is 11.1. The highest BCUT2D eigenvalue weighted by Gasteiger charge is 2.16. The van der Waals surface area contributed by atoms with Crippen molar-refractivity contribution in [3.05, 3.63) is 158 Å². The predicted octanol–water partition coefficient (Wildman–Crippen LogP) is 10.0. The van der Waals surface area contributed by atoms with Crippen LogP contribution in [0.3, 0.4) is 0 Å². The quantitative estimate of drug-likeness (QED) is 0.214. The summed E-state index contributed by atoms with van der Waals surface area (Å²) in [5.74, 6) is 0.721. The molecule has 0 amide bonds. The Morgan fingerprint density at radius 2 is 1.14 bits per heavy atom. The molecule has 4 nitrogen and oxygen atoms in total. The van der Waals surface area contributed by atoms with Gasteiger partial charge < -0.3 is 9.13 Å². The monoisotopic (exact) mass is 562 g/mol. The van der Waals surface area contributed by atoms with Gasteiger partial charge in [-0.15, -0.1) is 0 Å². The summed E-state index contributed by atoms with van der Waals surface area (Å²) in [6.45, 7) is 0. The molecule has 4 heteroatoms. The molecule has 3 heterocycles. The van der Waals surface area contributed by atoms with Crippen molar-refractivity contribution < 1.29 is 0 Å². The van der Waals surface area contributed by atoms with Gasteiger partial charge in [0.2, 0.25) is 0 Å². The minimum atomic E-state index is 0.721. The summed E-state index contributed by atoms with van der Waals surface area (Å²) in [6, 6.07) is 53.3. The van der Waals surface area contributed by atoms with Gasteiger partial charge in [-0.2, -0.15) is 0 Å². The molecule has 9 rings (SSSR count). The summed E-state index contributed by atoms with van der Waals surface area (Å²) in [4.78, 5) is 10.0. The molecule has 0 saturated carbocycles. The van der Waals surface area contributed by atoms with Crippen LogP contribution in [0.25, 0.3) is 77.6 Å². The van der Waals surface area contributed by atoms with Crippen LogP contribution in [0.2, 0.25) is 0 Å². The van der Waals surface area contributed by atoms with Crippen LogP contribution in [0.15, 0.2) is 158 Å². The summed E-state index contributed by atoms with van der Waals surface area (Å²) in [7, 11) is 0. The van der Waals surface area contributed by atoms with Gasteiger partial charge in [-0.25, -0.2) is 9.97 Å².